The van der Waals surface area contributed by atoms with Crippen LogP contribution in [0.25, 0.3) is 0 Å². The normalized spacial score (nSPS) is 29.2. The van der Waals surface area contributed by atoms with E-state index in [2.05, 4.69) is 17.4 Å². The van der Waals surface area contributed by atoms with Gasteiger partial charge in [0.25, 0.3) is 0 Å². The molecule has 0 radical (unpaired) electrons. The minimum Gasteiger partial charge on any atom is -0.349 e. The zero-order valence-corrected chi connectivity index (χ0v) is 13.5. The number of amides is 2. The van der Waals surface area contributed by atoms with Crippen molar-refractivity contribution >= 4 is 11.8 Å². The van der Waals surface area contributed by atoms with Crippen molar-refractivity contribution in [2.24, 2.45) is 0 Å². The molecule has 3 aliphatic rings. The molecule has 1 saturated carbocycles. The molecule has 3 fully saturated rings. The Morgan fingerprint density at radius 1 is 1.04 bits per heavy atom. The second-order valence-electron chi connectivity index (χ2n) is 7.46. The fourth-order valence-electron chi connectivity index (χ4n) is 4.79. The molecule has 4 heteroatoms. The van der Waals surface area contributed by atoms with Gasteiger partial charge in [0, 0.05) is 19.5 Å². The summed E-state index contributed by atoms with van der Waals surface area (Å²) in [4.78, 5) is 27.0. The maximum Gasteiger partial charge on any atom is 0.233 e. The van der Waals surface area contributed by atoms with Crippen molar-refractivity contribution in [3.63, 3.8) is 0 Å². The van der Waals surface area contributed by atoms with Crippen molar-refractivity contribution in [2.45, 2.75) is 55.9 Å². The molecule has 4 rings (SSSR count). The monoisotopic (exact) mass is 312 g/mol. The van der Waals surface area contributed by atoms with Crippen LogP contribution in [-0.2, 0) is 15.0 Å². The third-order valence-corrected chi connectivity index (χ3v) is 6.07. The summed E-state index contributed by atoms with van der Waals surface area (Å²) >= 11 is 0. The second-order valence-corrected chi connectivity index (χ2v) is 7.46. The zero-order chi connectivity index (χ0) is 15.9. The summed E-state index contributed by atoms with van der Waals surface area (Å²) in [5, 5.41) is 3.12. The molecule has 4 nitrogen and oxygen atoms in total. The fourth-order valence-corrected chi connectivity index (χ4v) is 4.79. The molecule has 1 N–H and O–H groups in total. The van der Waals surface area contributed by atoms with Crippen LogP contribution in [0.2, 0.25) is 0 Å². The lowest BCUT2D eigenvalue weighted by Gasteiger charge is -2.34. The van der Waals surface area contributed by atoms with Gasteiger partial charge in [-0.25, -0.2) is 0 Å². The van der Waals surface area contributed by atoms with Crippen molar-refractivity contribution in [2.75, 3.05) is 13.1 Å². The molecule has 1 aromatic rings. The van der Waals surface area contributed by atoms with Crippen LogP contribution in [0.4, 0.5) is 0 Å². The molecular formula is C19H24N2O2. The van der Waals surface area contributed by atoms with Gasteiger partial charge in [-0.3, -0.25) is 9.59 Å². The minimum atomic E-state index is -0.338. The van der Waals surface area contributed by atoms with E-state index in [1.807, 2.05) is 23.1 Å². The van der Waals surface area contributed by atoms with E-state index in [0.717, 1.165) is 45.1 Å². The Balaban J connectivity index is 1.59. The first-order chi connectivity index (χ1) is 11.1. The van der Waals surface area contributed by atoms with Crippen molar-refractivity contribution in [1.29, 1.82) is 0 Å². The summed E-state index contributed by atoms with van der Waals surface area (Å²) in [6, 6.07) is 10.3. The highest BCUT2D eigenvalue weighted by molar-refractivity contribution is 5.89. The Hall–Kier alpha value is -1.84. The molecule has 2 saturated heterocycles. The van der Waals surface area contributed by atoms with Gasteiger partial charge in [0.1, 0.15) is 0 Å². The number of nitrogens with one attached hydrogen (secondary N) is 1. The number of hydrogen-bond acceptors (Lipinski definition) is 2. The topological polar surface area (TPSA) is 49.4 Å². The summed E-state index contributed by atoms with van der Waals surface area (Å²) in [6.45, 7) is 1.46. The Labute approximate surface area is 137 Å². The highest BCUT2D eigenvalue weighted by atomic mass is 16.2. The van der Waals surface area contributed by atoms with Crippen LogP contribution in [0.5, 0.6) is 0 Å². The van der Waals surface area contributed by atoms with Crippen LogP contribution in [0, 0.1) is 0 Å². The van der Waals surface area contributed by atoms with E-state index < -0.39 is 0 Å². The molecule has 23 heavy (non-hydrogen) atoms. The van der Waals surface area contributed by atoms with Gasteiger partial charge in [-0.05, 0) is 31.2 Å². The highest BCUT2D eigenvalue weighted by Crippen LogP contribution is 2.44. The average molecular weight is 312 g/mol. The predicted molar refractivity (Wildman–Crippen MR) is 87.9 cm³/mol. The van der Waals surface area contributed by atoms with Crippen molar-refractivity contribution in [3.05, 3.63) is 35.9 Å². The standard InChI is InChI=1S/C19H24N2O2/c22-16-8-11-18(20-16)12-13-21(14-18)17(23)19(9-4-5-10-19)15-6-2-1-3-7-15/h1-3,6-7H,4-5,8-14H2,(H,20,22)/t18-/m0/s1. The number of benzene rings is 1. The van der Waals surface area contributed by atoms with Gasteiger partial charge in [-0.15, -0.1) is 0 Å². The average Bonchev–Trinajstić information content (AvgIpc) is 3.30. The van der Waals surface area contributed by atoms with Crippen LogP contribution in [0.1, 0.15) is 50.5 Å². The first kappa shape index (κ1) is 14.7. The summed E-state index contributed by atoms with van der Waals surface area (Å²) in [5.41, 5.74) is 0.678. The fraction of sp³-hybridized carbons (Fsp3) is 0.579. The number of carbonyl (C=O) groups is 2. The molecule has 1 aliphatic carbocycles. The van der Waals surface area contributed by atoms with Crippen molar-refractivity contribution in [1.82, 2.24) is 10.2 Å². The van der Waals surface area contributed by atoms with Gasteiger partial charge in [0.15, 0.2) is 0 Å². The largest absolute Gasteiger partial charge is 0.349 e. The van der Waals surface area contributed by atoms with E-state index in [9.17, 15) is 9.59 Å². The van der Waals surface area contributed by atoms with Crippen LogP contribution < -0.4 is 5.32 Å². The Kier molecular flexibility index (Phi) is 3.43. The summed E-state index contributed by atoms with van der Waals surface area (Å²) < 4.78 is 0. The zero-order valence-electron chi connectivity index (χ0n) is 13.5. The lowest BCUT2D eigenvalue weighted by molar-refractivity contribution is -0.136. The van der Waals surface area contributed by atoms with Crippen LogP contribution in [0.3, 0.4) is 0 Å². The smallest absolute Gasteiger partial charge is 0.233 e. The molecule has 2 amide bonds. The quantitative estimate of drug-likeness (QED) is 0.911. The maximum atomic E-state index is 13.4. The molecular weight excluding hydrogens is 288 g/mol. The Morgan fingerprint density at radius 2 is 1.78 bits per heavy atom. The third-order valence-electron chi connectivity index (χ3n) is 6.07. The second kappa shape index (κ2) is 5.36. The Morgan fingerprint density at radius 3 is 2.43 bits per heavy atom. The lowest BCUT2D eigenvalue weighted by atomic mass is 9.77. The van der Waals surface area contributed by atoms with Crippen molar-refractivity contribution in [3.8, 4) is 0 Å². The Bertz CT molecular complexity index is 622. The molecule has 122 valence electrons. The van der Waals surface area contributed by atoms with E-state index in [0.29, 0.717) is 13.0 Å². The molecule has 1 spiro atoms. The van der Waals surface area contributed by atoms with Crippen LogP contribution in [0.15, 0.2) is 30.3 Å². The first-order valence-corrected chi connectivity index (χ1v) is 8.80. The van der Waals surface area contributed by atoms with Gasteiger partial charge < -0.3 is 10.2 Å². The van der Waals surface area contributed by atoms with Gasteiger partial charge in [0.2, 0.25) is 11.8 Å². The van der Waals surface area contributed by atoms with Crippen molar-refractivity contribution < 1.29 is 9.59 Å². The number of hydrogen-bond donors (Lipinski definition) is 1. The molecule has 0 aromatic heterocycles. The molecule has 1 atom stereocenters. The molecule has 0 unspecified atom stereocenters. The van der Waals surface area contributed by atoms with Crippen LogP contribution in [-0.4, -0.2) is 35.3 Å². The maximum absolute atomic E-state index is 13.4. The van der Waals surface area contributed by atoms with Crippen LogP contribution >= 0.6 is 0 Å². The van der Waals surface area contributed by atoms with E-state index in [4.69, 9.17) is 0 Å². The summed E-state index contributed by atoms with van der Waals surface area (Å²) in [5.74, 6) is 0.414. The molecule has 2 aliphatic heterocycles. The number of nitrogens with zero attached hydrogens (tertiary/aromatic N) is 1. The van der Waals surface area contributed by atoms with Gasteiger partial charge >= 0.3 is 0 Å². The lowest BCUT2D eigenvalue weighted by Crippen LogP contribution is -2.49. The number of rotatable bonds is 2. The van der Waals surface area contributed by atoms with Gasteiger partial charge in [-0.1, -0.05) is 43.2 Å². The van der Waals surface area contributed by atoms with E-state index in [1.165, 1.54) is 5.56 Å². The minimum absolute atomic E-state index is 0.137. The first-order valence-electron chi connectivity index (χ1n) is 8.80. The van der Waals surface area contributed by atoms with E-state index in [-0.39, 0.29) is 22.8 Å². The molecule has 1 aromatic carbocycles. The summed E-state index contributed by atoms with van der Waals surface area (Å²) in [6.07, 6.45) is 6.51. The SMILES string of the molecule is O=C1CC[C@@]2(CCN(C(=O)C3(c4ccccc4)CCCC3)C2)N1. The van der Waals surface area contributed by atoms with Gasteiger partial charge in [0.05, 0.1) is 11.0 Å². The van der Waals surface area contributed by atoms with E-state index in [1.54, 1.807) is 0 Å². The van der Waals surface area contributed by atoms with Gasteiger partial charge in [-0.2, -0.15) is 0 Å². The van der Waals surface area contributed by atoms with E-state index >= 15 is 0 Å². The molecule has 0 bridgehead atoms. The summed E-state index contributed by atoms with van der Waals surface area (Å²) in [7, 11) is 0. The number of likely N-dealkylation sites (tertiary alicyclic amines) is 1. The molecule has 2 heterocycles. The number of carbonyl (C=O) groups excluding carboxylic acids is 2. The predicted octanol–water partition coefficient (Wildman–Crippen LogP) is 2.38. The highest BCUT2D eigenvalue weighted by Gasteiger charge is 2.50. The third kappa shape index (κ3) is 2.35.